The molecule has 2 aromatic carbocycles. The molecule has 57 heavy (non-hydrogen) atoms. The molecule has 29 heteroatoms. The first kappa shape index (κ1) is 58.7. The smallest absolute Gasteiger partial charge is 0.748 e. The fourth-order valence-electron chi connectivity index (χ4n) is 3.52. The van der Waals surface area contributed by atoms with Crippen molar-refractivity contribution in [3.8, 4) is 0 Å². The van der Waals surface area contributed by atoms with Crippen molar-refractivity contribution in [3.63, 3.8) is 0 Å². The third kappa shape index (κ3) is 24.4. The average molecular weight is 1660 g/mol. The number of ether oxygens (including phenoxy) is 4. The van der Waals surface area contributed by atoms with E-state index in [4.69, 9.17) is 9.47 Å². The van der Waals surface area contributed by atoms with Crippen molar-refractivity contribution in [2.45, 2.75) is 50.2 Å². The van der Waals surface area contributed by atoms with Crippen LogP contribution in [-0.2, 0) is 48.8 Å². The van der Waals surface area contributed by atoms with Crippen LogP contribution in [-0.4, -0.2) is 148 Å². The van der Waals surface area contributed by atoms with Crippen molar-refractivity contribution in [3.05, 3.63) is 56.8 Å². The van der Waals surface area contributed by atoms with Gasteiger partial charge in [0.15, 0.2) is 0 Å². The molecule has 0 heterocycles. The molecule has 0 spiro atoms. The van der Waals surface area contributed by atoms with E-state index >= 15 is 0 Å². The second-order valence-corrected chi connectivity index (χ2v) is 20.3. The monoisotopic (exact) mass is 1660 g/mol. The minimum Gasteiger partial charge on any atom is -0.748 e. The number of hydrogen-bond donors (Lipinski definition) is 0. The van der Waals surface area contributed by atoms with Gasteiger partial charge in [-0.2, -0.15) is 26.3 Å². The van der Waals surface area contributed by atoms with Gasteiger partial charge in [-0.3, -0.25) is 9.59 Å². The van der Waals surface area contributed by atoms with Crippen molar-refractivity contribution < 1.29 is 90.4 Å². The minimum atomic E-state index is -5.25. The Hall–Kier alpha value is 1.67. The normalized spacial score (nSPS) is 12.9. The molecule has 0 aliphatic carbocycles. The summed E-state index contributed by atoms with van der Waals surface area (Å²) >= 11 is 12.1. The number of benzene rings is 2. The molecule has 0 amide bonds. The molecule has 2 atom stereocenters. The van der Waals surface area contributed by atoms with Gasteiger partial charge in [0.05, 0.1) is 56.1 Å². The summed E-state index contributed by atoms with van der Waals surface area (Å²) in [6.45, 7) is -0.523. The van der Waals surface area contributed by atoms with Crippen molar-refractivity contribution in [1.29, 1.82) is 0 Å². The largest absolute Gasteiger partial charge is 2.00 e. The van der Waals surface area contributed by atoms with Crippen LogP contribution in [0.25, 0.3) is 0 Å². The van der Waals surface area contributed by atoms with Gasteiger partial charge >= 0.3 is 85.1 Å². The molecule has 0 bridgehead atoms. The maximum absolute atomic E-state index is 12.6. The zero-order chi connectivity index (χ0) is 43.4. The number of carbonyl (C=O) groups is 4. The topological polar surface area (TPSA) is 220 Å². The molecule has 0 saturated heterocycles. The summed E-state index contributed by atoms with van der Waals surface area (Å²) in [4.78, 5) is 47.1. The predicted octanol–water partition coefficient (Wildman–Crippen LogP) is 6.53. The maximum Gasteiger partial charge on any atom is 2.00 e. The van der Waals surface area contributed by atoms with Crippen LogP contribution in [0.2, 0.25) is 0 Å². The maximum atomic E-state index is 12.6. The first-order valence-electron chi connectivity index (χ1n) is 14.4. The van der Waals surface area contributed by atoms with Gasteiger partial charge in [-0.15, -0.1) is 0 Å². The minimum absolute atomic E-state index is 0. The van der Waals surface area contributed by atoms with Gasteiger partial charge in [-0.25, -0.2) is 26.4 Å². The van der Waals surface area contributed by atoms with Crippen molar-refractivity contribution in [1.82, 2.24) is 0 Å². The summed E-state index contributed by atoms with van der Waals surface area (Å²) in [5.41, 5.74) is 0.634. The van der Waals surface area contributed by atoms with E-state index in [1.54, 1.807) is 12.1 Å². The average Bonchev–Trinajstić information content (AvgIpc) is 3.02. The standard InChI is InChI=1S/2C14H12F3I3O7S.Ba/c2*15-14(16,17)10(6-28(23,24)25)27-11(21)2-1-3-26-13(22)8-4-7(18)5-9(19)12(8)20;/h2*4-5,10H,1-3,6H2,(H,23,24,25);/q;;+2/p-2. The zero-order valence-corrected chi connectivity index (χ0v) is 46.9. The quantitative estimate of drug-likeness (QED) is 0.0255. The number of carbonyl (C=O) groups excluding carboxylic acids is 4. The van der Waals surface area contributed by atoms with Crippen molar-refractivity contribution in [2.24, 2.45) is 0 Å². The molecule has 0 radical (unpaired) electrons. The Morgan fingerprint density at radius 2 is 0.895 bits per heavy atom. The molecule has 2 aromatic rings. The molecule has 316 valence electrons. The SMILES string of the molecule is O=C(CCCOC(=O)c1cc(I)cc(I)c1I)OC(CS(=O)(=O)[O-])C(F)(F)F.O=C(CCCOC(=O)c1cc(I)cc(I)c1I)OC(CS(=O)(=O)[O-])C(F)(F)F.[Ba+2]. The molecule has 0 aromatic heterocycles. The molecule has 0 aliphatic heterocycles. The summed E-state index contributed by atoms with van der Waals surface area (Å²) in [5.74, 6) is -7.83. The van der Waals surface area contributed by atoms with Gasteiger partial charge in [0.1, 0.15) is 0 Å². The van der Waals surface area contributed by atoms with Gasteiger partial charge in [0.2, 0.25) is 12.2 Å². The van der Waals surface area contributed by atoms with Crippen molar-refractivity contribution in [2.75, 3.05) is 24.7 Å². The van der Waals surface area contributed by atoms with Crippen LogP contribution in [0.5, 0.6) is 0 Å². The molecule has 0 fully saturated rings. The van der Waals surface area contributed by atoms with E-state index in [0.29, 0.717) is 18.3 Å². The molecule has 2 unspecified atom stereocenters. The summed E-state index contributed by atoms with van der Waals surface area (Å²) in [7, 11) is -10.5. The van der Waals surface area contributed by atoms with Gasteiger partial charge in [-0.05, 0) is 173 Å². The van der Waals surface area contributed by atoms with Crippen LogP contribution in [0, 0.1) is 21.4 Å². The Kier molecular flexibility index (Phi) is 27.2. The summed E-state index contributed by atoms with van der Waals surface area (Å²) in [5, 5.41) is 0. The van der Waals surface area contributed by atoms with E-state index in [1.165, 1.54) is 0 Å². The van der Waals surface area contributed by atoms with Crippen LogP contribution >= 0.6 is 136 Å². The van der Waals surface area contributed by atoms with Crippen LogP contribution in [0.1, 0.15) is 46.4 Å². The van der Waals surface area contributed by atoms with Crippen LogP contribution in [0.3, 0.4) is 0 Å². The van der Waals surface area contributed by atoms with Crippen LogP contribution in [0.4, 0.5) is 26.3 Å². The fraction of sp³-hybridized carbons (Fsp3) is 0.429. The zero-order valence-electron chi connectivity index (χ0n) is 27.9. The predicted molar refractivity (Wildman–Crippen MR) is 235 cm³/mol. The number of esters is 4. The second kappa shape index (κ2) is 26.5. The Morgan fingerprint density at radius 1 is 0.596 bits per heavy atom. The van der Waals surface area contributed by atoms with E-state index < -0.39 is 93.0 Å². The van der Waals surface area contributed by atoms with E-state index in [9.17, 15) is 71.5 Å². The third-order valence-corrected chi connectivity index (χ3v) is 14.7. The van der Waals surface area contributed by atoms with Gasteiger partial charge < -0.3 is 28.1 Å². The van der Waals surface area contributed by atoms with E-state index in [0.717, 1.165) is 14.3 Å². The second-order valence-electron chi connectivity index (χ2n) is 10.5. The Balaban J connectivity index is 0.00000108. The van der Waals surface area contributed by atoms with Crippen molar-refractivity contribution >= 4 is 229 Å². The van der Waals surface area contributed by atoms with Crippen LogP contribution in [0.15, 0.2) is 24.3 Å². The first-order chi connectivity index (χ1) is 25.4. The number of hydrogen-bond acceptors (Lipinski definition) is 14. The summed E-state index contributed by atoms with van der Waals surface area (Å²) in [6.07, 6.45) is -17.9. The Morgan fingerprint density at radius 3 is 1.16 bits per heavy atom. The molecule has 2 rings (SSSR count). The number of rotatable bonds is 16. The fourth-order valence-corrected chi connectivity index (χ4v) is 9.53. The van der Waals surface area contributed by atoms with Gasteiger partial charge in [-0.1, -0.05) is 0 Å². The molecule has 0 saturated carbocycles. The summed E-state index contributed by atoms with van der Waals surface area (Å²) < 4.78 is 162. The Labute approximate surface area is 443 Å². The molecular weight excluding hydrogens is 1640 g/mol. The summed E-state index contributed by atoms with van der Waals surface area (Å²) in [6, 6.07) is 6.93. The molecular formula is C28H22BaF6I6O14S2. The van der Waals surface area contributed by atoms with E-state index in [2.05, 4.69) is 54.7 Å². The van der Waals surface area contributed by atoms with Gasteiger partial charge in [0.25, 0.3) is 0 Å². The molecule has 0 N–H and O–H groups in total. The Bertz CT molecular complexity index is 1830. The number of halogens is 12. The van der Waals surface area contributed by atoms with Gasteiger partial charge in [0, 0.05) is 34.3 Å². The van der Waals surface area contributed by atoms with E-state index in [-0.39, 0.29) is 74.9 Å². The number of alkyl halides is 6. The molecule has 14 nitrogen and oxygen atoms in total. The first-order valence-corrected chi connectivity index (χ1v) is 24.1. The van der Waals surface area contributed by atoms with E-state index in [1.807, 2.05) is 102 Å². The molecule has 0 aliphatic rings. The van der Waals surface area contributed by atoms with Crippen LogP contribution < -0.4 is 0 Å². The third-order valence-electron chi connectivity index (χ3n) is 5.93.